The molecular formula is C25H26N4O5. The van der Waals surface area contributed by atoms with Crippen molar-refractivity contribution in [1.29, 1.82) is 0 Å². The first kappa shape index (κ1) is 21.8. The van der Waals surface area contributed by atoms with Crippen LogP contribution in [0.4, 0.5) is 5.69 Å². The maximum absolute atomic E-state index is 13.2. The summed E-state index contributed by atoms with van der Waals surface area (Å²) in [7, 11) is 1.64. The fraction of sp³-hybridized carbons (Fsp3) is 0.320. The van der Waals surface area contributed by atoms with Gasteiger partial charge in [-0.05, 0) is 55.2 Å². The highest BCUT2D eigenvalue weighted by Crippen LogP contribution is 2.34. The lowest BCUT2D eigenvalue weighted by Gasteiger charge is -2.36. The van der Waals surface area contributed by atoms with Crippen LogP contribution in [0.5, 0.6) is 17.2 Å². The lowest BCUT2D eigenvalue weighted by atomic mass is 9.95. The molecule has 2 aromatic carbocycles. The summed E-state index contributed by atoms with van der Waals surface area (Å²) in [5, 5.41) is 7.08. The first-order chi connectivity index (χ1) is 16.6. The number of benzene rings is 2. The van der Waals surface area contributed by atoms with Gasteiger partial charge in [0.1, 0.15) is 12.3 Å². The number of anilines is 1. The largest absolute Gasteiger partial charge is 0.497 e. The molecule has 0 saturated carbocycles. The first-order valence-corrected chi connectivity index (χ1v) is 11.3. The second-order valence-electron chi connectivity index (χ2n) is 8.32. The number of nitrogens with zero attached hydrogens (tertiary/aromatic N) is 3. The highest BCUT2D eigenvalue weighted by atomic mass is 16.7. The lowest BCUT2D eigenvalue weighted by Crippen LogP contribution is -2.40. The Balaban J connectivity index is 1.24. The molecule has 34 heavy (non-hydrogen) atoms. The van der Waals surface area contributed by atoms with Gasteiger partial charge >= 0.3 is 0 Å². The highest BCUT2D eigenvalue weighted by Gasteiger charge is 2.28. The zero-order valence-corrected chi connectivity index (χ0v) is 18.9. The third kappa shape index (κ3) is 4.54. The van der Waals surface area contributed by atoms with E-state index in [0.717, 1.165) is 30.6 Å². The fourth-order valence-corrected chi connectivity index (χ4v) is 4.41. The molecule has 1 atom stereocenters. The van der Waals surface area contributed by atoms with E-state index in [1.807, 2.05) is 29.2 Å². The monoisotopic (exact) mass is 462 g/mol. The number of fused-ring (bicyclic) bond motifs is 1. The summed E-state index contributed by atoms with van der Waals surface area (Å²) in [5.74, 6) is 1.64. The van der Waals surface area contributed by atoms with E-state index < -0.39 is 0 Å². The van der Waals surface area contributed by atoms with Crippen LogP contribution < -0.4 is 19.5 Å². The Hall–Kier alpha value is -4.01. The average molecular weight is 463 g/mol. The molecule has 176 valence electrons. The van der Waals surface area contributed by atoms with Crippen molar-refractivity contribution in [3.05, 3.63) is 66.0 Å². The first-order valence-electron chi connectivity index (χ1n) is 11.3. The SMILES string of the molecule is COc1cccc([C@H]2CCCCN2C(=O)Cn2cc(NC(=O)c3ccc4c(c3)OCO4)cn2)c1. The molecule has 3 aromatic rings. The van der Waals surface area contributed by atoms with E-state index in [4.69, 9.17) is 14.2 Å². The lowest BCUT2D eigenvalue weighted by molar-refractivity contribution is -0.135. The normalized spacial score (nSPS) is 16.9. The number of ether oxygens (including phenoxy) is 3. The minimum atomic E-state index is -0.293. The summed E-state index contributed by atoms with van der Waals surface area (Å²) in [6.07, 6.45) is 6.15. The second-order valence-corrected chi connectivity index (χ2v) is 8.32. The van der Waals surface area contributed by atoms with Crippen LogP contribution in [0.3, 0.4) is 0 Å². The Kier molecular flexibility index (Phi) is 6.07. The average Bonchev–Trinajstić information content (AvgIpc) is 3.52. The van der Waals surface area contributed by atoms with Crippen molar-refractivity contribution < 1.29 is 23.8 Å². The van der Waals surface area contributed by atoms with Gasteiger partial charge in [-0.15, -0.1) is 0 Å². The summed E-state index contributed by atoms with van der Waals surface area (Å²) in [6.45, 7) is 0.951. The Bertz CT molecular complexity index is 1210. The van der Waals surface area contributed by atoms with Crippen molar-refractivity contribution in [2.75, 3.05) is 25.8 Å². The molecule has 9 nitrogen and oxygen atoms in total. The molecule has 2 amide bonds. The van der Waals surface area contributed by atoms with E-state index in [1.54, 1.807) is 36.2 Å². The molecule has 0 spiro atoms. The van der Waals surface area contributed by atoms with Crippen molar-refractivity contribution in [3.63, 3.8) is 0 Å². The molecule has 2 aliphatic heterocycles. The molecule has 1 aromatic heterocycles. The number of rotatable bonds is 6. The van der Waals surface area contributed by atoms with E-state index in [9.17, 15) is 9.59 Å². The van der Waals surface area contributed by atoms with E-state index >= 15 is 0 Å². The highest BCUT2D eigenvalue weighted by molar-refractivity contribution is 6.04. The van der Waals surface area contributed by atoms with Crippen molar-refractivity contribution in [1.82, 2.24) is 14.7 Å². The molecule has 1 fully saturated rings. The Morgan fingerprint density at radius 3 is 2.91 bits per heavy atom. The number of carbonyl (C=O) groups is 2. The predicted molar refractivity (Wildman–Crippen MR) is 124 cm³/mol. The molecule has 1 saturated heterocycles. The number of hydrogen-bond donors (Lipinski definition) is 1. The zero-order chi connectivity index (χ0) is 23.5. The van der Waals surface area contributed by atoms with Crippen LogP contribution >= 0.6 is 0 Å². The molecule has 0 aliphatic carbocycles. The van der Waals surface area contributed by atoms with Crippen LogP contribution in [0.25, 0.3) is 0 Å². The standard InChI is InChI=1S/C25H26N4O5/c1-32-20-6-4-5-17(11-20)21-7-2-3-10-29(21)24(30)15-28-14-19(13-26-28)27-25(31)18-8-9-22-23(12-18)34-16-33-22/h4-6,8-9,11-14,21H,2-3,7,10,15-16H2,1H3,(H,27,31)/t21-/m1/s1. The van der Waals surface area contributed by atoms with E-state index in [0.29, 0.717) is 29.3 Å². The Labute approximate surface area is 197 Å². The third-order valence-electron chi connectivity index (χ3n) is 6.12. The summed E-state index contributed by atoms with van der Waals surface area (Å²) < 4.78 is 17.5. The van der Waals surface area contributed by atoms with Crippen molar-refractivity contribution in [2.24, 2.45) is 0 Å². The molecule has 2 aliphatic rings. The van der Waals surface area contributed by atoms with E-state index in [2.05, 4.69) is 10.4 Å². The van der Waals surface area contributed by atoms with Gasteiger partial charge in [-0.1, -0.05) is 12.1 Å². The number of piperidine rings is 1. The number of nitrogens with one attached hydrogen (secondary N) is 1. The fourth-order valence-electron chi connectivity index (χ4n) is 4.41. The molecule has 0 radical (unpaired) electrons. The maximum atomic E-state index is 13.2. The number of amides is 2. The van der Waals surface area contributed by atoms with Crippen molar-refractivity contribution >= 4 is 17.5 Å². The van der Waals surface area contributed by atoms with Crippen molar-refractivity contribution in [3.8, 4) is 17.2 Å². The minimum Gasteiger partial charge on any atom is -0.497 e. The van der Waals surface area contributed by atoms with Gasteiger partial charge in [0.15, 0.2) is 11.5 Å². The summed E-state index contributed by atoms with van der Waals surface area (Å²) in [4.78, 5) is 27.7. The van der Waals surface area contributed by atoms with Crippen LogP contribution in [0, 0.1) is 0 Å². The topological polar surface area (TPSA) is 94.9 Å². The molecule has 0 unspecified atom stereocenters. The number of aromatic nitrogens is 2. The van der Waals surface area contributed by atoms with E-state index in [1.165, 1.54) is 6.20 Å². The van der Waals surface area contributed by atoms with Gasteiger partial charge in [-0.3, -0.25) is 14.3 Å². The number of likely N-dealkylation sites (tertiary alicyclic amines) is 1. The quantitative estimate of drug-likeness (QED) is 0.601. The smallest absolute Gasteiger partial charge is 0.255 e. The van der Waals surface area contributed by atoms with Crippen LogP contribution in [0.15, 0.2) is 54.9 Å². The van der Waals surface area contributed by atoms with Gasteiger partial charge in [-0.2, -0.15) is 5.10 Å². The molecular weight excluding hydrogens is 436 g/mol. The Morgan fingerprint density at radius 2 is 2.03 bits per heavy atom. The van der Waals surface area contributed by atoms with Crippen LogP contribution in [-0.2, 0) is 11.3 Å². The van der Waals surface area contributed by atoms with E-state index in [-0.39, 0.29) is 31.2 Å². The number of methoxy groups -OCH3 is 1. The van der Waals surface area contributed by atoms with Crippen LogP contribution in [0.2, 0.25) is 0 Å². The van der Waals surface area contributed by atoms with Crippen LogP contribution in [-0.4, -0.2) is 46.9 Å². The predicted octanol–water partition coefficient (Wildman–Crippen LogP) is 3.63. The van der Waals surface area contributed by atoms with Gasteiger partial charge in [0, 0.05) is 18.3 Å². The van der Waals surface area contributed by atoms with Gasteiger partial charge in [0.05, 0.1) is 25.0 Å². The summed E-state index contributed by atoms with van der Waals surface area (Å²) in [6, 6.07) is 12.9. The molecule has 3 heterocycles. The zero-order valence-electron chi connectivity index (χ0n) is 18.9. The summed E-state index contributed by atoms with van der Waals surface area (Å²) >= 11 is 0. The van der Waals surface area contributed by atoms with Gasteiger partial charge < -0.3 is 24.4 Å². The number of carbonyl (C=O) groups excluding carboxylic acids is 2. The Morgan fingerprint density at radius 1 is 1.15 bits per heavy atom. The second kappa shape index (κ2) is 9.46. The molecule has 1 N–H and O–H groups in total. The third-order valence-corrected chi connectivity index (χ3v) is 6.12. The molecule has 9 heteroatoms. The van der Waals surface area contributed by atoms with Gasteiger partial charge in [-0.25, -0.2) is 0 Å². The minimum absolute atomic E-state index is 0.00994. The van der Waals surface area contributed by atoms with Crippen LogP contribution in [0.1, 0.15) is 41.2 Å². The molecule has 5 rings (SSSR count). The maximum Gasteiger partial charge on any atom is 0.255 e. The number of hydrogen-bond acceptors (Lipinski definition) is 6. The van der Waals surface area contributed by atoms with Crippen molar-refractivity contribution in [2.45, 2.75) is 31.8 Å². The summed E-state index contributed by atoms with van der Waals surface area (Å²) in [5.41, 5.74) is 2.03. The van der Waals surface area contributed by atoms with Gasteiger partial charge in [0.25, 0.3) is 5.91 Å². The molecule has 0 bridgehead atoms. The van der Waals surface area contributed by atoms with Gasteiger partial charge in [0.2, 0.25) is 12.7 Å².